The topological polar surface area (TPSA) is 94.3 Å². The fraction of sp³-hybridized carbons (Fsp3) is 0.333. The van der Waals surface area contributed by atoms with Crippen molar-refractivity contribution in [1.29, 1.82) is 0 Å². The quantitative estimate of drug-likeness (QED) is 0.437. The zero-order valence-corrected chi connectivity index (χ0v) is 17.3. The van der Waals surface area contributed by atoms with Gasteiger partial charge in [-0.15, -0.1) is 0 Å². The van der Waals surface area contributed by atoms with Crippen molar-refractivity contribution in [2.75, 3.05) is 13.2 Å². The Morgan fingerprint density at radius 3 is 2.61 bits per heavy atom. The third-order valence-electron chi connectivity index (χ3n) is 5.35. The summed E-state index contributed by atoms with van der Waals surface area (Å²) in [6.07, 6.45) is 10.7. The first kappa shape index (κ1) is 20.9. The molecular formula is C24H25N3O4. The number of carbonyl (C=O) groups excluding carboxylic acids is 2. The molecule has 1 fully saturated rings. The van der Waals surface area contributed by atoms with Crippen molar-refractivity contribution in [3.63, 3.8) is 0 Å². The SMILES string of the molecule is O=C(c1ccc(-c2nc(C(=O)NCCOC3CCCCC3)co2)cc1)c1cccnc1. The Morgan fingerprint density at radius 1 is 1.06 bits per heavy atom. The molecule has 0 unspecified atom stereocenters. The van der Waals surface area contributed by atoms with Crippen LogP contribution in [-0.2, 0) is 4.74 Å². The average Bonchev–Trinajstić information content (AvgIpc) is 3.33. The van der Waals surface area contributed by atoms with E-state index in [1.807, 2.05) is 0 Å². The number of hydrogen-bond donors (Lipinski definition) is 1. The fourth-order valence-electron chi connectivity index (χ4n) is 3.65. The van der Waals surface area contributed by atoms with Gasteiger partial charge in [0.25, 0.3) is 5.91 Å². The van der Waals surface area contributed by atoms with E-state index in [0.717, 1.165) is 12.8 Å². The van der Waals surface area contributed by atoms with E-state index in [-0.39, 0.29) is 17.4 Å². The molecule has 1 amide bonds. The van der Waals surface area contributed by atoms with Crippen molar-refractivity contribution < 1.29 is 18.7 Å². The molecule has 2 heterocycles. The molecule has 0 bridgehead atoms. The van der Waals surface area contributed by atoms with Crippen LogP contribution in [0.1, 0.15) is 58.5 Å². The largest absolute Gasteiger partial charge is 0.444 e. The lowest BCUT2D eigenvalue weighted by Gasteiger charge is -2.21. The van der Waals surface area contributed by atoms with Crippen LogP contribution in [0.25, 0.3) is 11.5 Å². The van der Waals surface area contributed by atoms with E-state index < -0.39 is 0 Å². The number of nitrogens with zero attached hydrogens (tertiary/aromatic N) is 2. The molecule has 7 heteroatoms. The third-order valence-corrected chi connectivity index (χ3v) is 5.35. The minimum atomic E-state index is -0.300. The molecule has 1 aromatic carbocycles. The summed E-state index contributed by atoms with van der Waals surface area (Å²) in [4.78, 5) is 33.0. The lowest BCUT2D eigenvalue weighted by molar-refractivity contribution is 0.0299. The van der Waals surface area contributed by atoms with Gasteiger partial charge in [0.2, 0.25) is 5.89 Å². The second-order valence-corrected chi connectivity index (χ2v) is 7.57. The summed E-state index contributed by atoms with van der Waals surface area (Å²) in [7, 11) is 0. The van der Waals surface area contributed by atoms with E-state index in [9.17, 15) is 9.59 Å². The van der Waals surface area contributed by atoms with Crippen LogP contribution in [0.4, 0.5) is 0 Å². The highest BCUT2D eigenvalue weighted by atomic mass is 16.5. The van der Waals surface area contributed by atoms with Gasteiger partial charge in [0.15, 0.2) is 11.5 Å². The number of benzene rings is 1. The summed E-state index contributed by atoms with van der Waals surface area (Å²) < 4.78 is 11.3. The molecule has 0 saturated heterocycles. The Hall–Kier alpha value is -3.32. The van der Waals surface area contributed by atoms with Gasteiger partial charge in [-0.3, -0.25) is 14.6 Å². The average molecular weight is 419 g/mol. The number of amides is 1. The van der Waals surface area contributed by atoms with Gasteiger partial charge in [-0.25, -0.2) is 4.98 Å². The Labute approximate surface area is 180 Å². The second kappa shape index (κ2) is 10.1. The monoisotopic (exact) mass is 419 g/mol. The minimum Gasteiger partial charge on any atom is -0.444 e. The minimum absolute atomic E-state index is 0.109. The molecule has 31 heavy (non-hydrogen) atoms. The highest BCUT2D eigenvalue weighted by molar-refractivity contribution is 6.08. The lowest BCUT2D eigenvalue weighted by Crippen LogP contribution is -2.29. The van der Waals surface area contributed by atoms with E-state index >= 15 is 0 Å². The maximum atomic E-state index is 12.5. The van der Waals surface area contributed by atoms with Gasteiger partial charge < -0.3 is 14.5 Å². The van der Waals surface area contributed by atoms with Gasteiger partial charge in [0.1, 0.15) is 6.26 Å². The van der Waals surface area contributed by atoms with Gasteiger partial charge in [0, 0.05) is 35.6 Å². The Balaban J connectivity index is 1.30. The molecule has 1 N–H and O–H groups in total. The van der Waals surface area contributed by atoms with E-state index in [0.29, 0.717) is 41.8 Å². The number of nitrogens with one attached hydrogen (secondary N) is 1. The lowest BCUT2D eigenvalue weighted by atomic mass is 9.98. The van der Waals surface area contributed by atoms with Crippen LogP contribution in [0, 0.1) is 0 Å². The molecule has 1 aliphatic rings. The molecule has 160 valence electrons. The molecule has 4 rings (SSSR count). The Kier molecular flexibility index (Phi) is 6.84. The predicted octanol–water partition coefficient (Wildman–Crippen LogP) is 4.05. The van der Waals surface area contributed by atoms with E-state index in [1.54, 1.807) is 42.6 Å². The van der Waals surface area contributed by atoms with Crippen LogP contribution in [0.5, 0.6) is 0 Å². The van der Waals surface area contributed by atoms with Crippen LogP contribution in [0.2, 0.25) is 0 Å². The summed E-state index contributed by atoms with van der Waals surface area (Å²) in [5, 5.41) is 2.81. The van der Waals surface area contributed by atoms with Gasteiger partial charge >= 0.3 is 0 Å². The van der Waals surface area contributed by atoms with Crippen LogP contribution in [0.15, 0.2) is 59.5 Å². The van der Waals surface area contributed by atoms with Crippen molar-refractivity contribution in [2.45, 2.75) is 38.2 Å². The van der Waals surface area contributed by atoms with Crippen molar-refractivity contribution in [3.05, 3.63) is 71.9 Å². The van der Waals surface area contributed by atoms with Crippen molar-refractivity contribution in [2.24, 2.45) is 0 Å². The summed E-state index contributed by atoms with van der Waals surface area (Å²) >= 11 is 0. The zero-order chi connectivity index (χ0) is 21.5. The van der Waals surface area contributed by atoms with Gasteiger partial charge in [-0.05, 0) is 37.1 Å². The van der Waals surface area contributed by atoms with Crippen LogP contribution >= 0.6 is 0 Å². The predicted molar refractivity (Wildman–Crippen MR) is 115 cm³/mol. The number of rotatable bonds is 8. The summed E-state index contributed by atoms with van der Waals surface area (Å²) in [5.74, 6) is -0.0860. The standard InChI is InChI=1S/C24H25N3O4/c28-22(19-5-4-12-25-15-19)17-8-10-18(11-9-17)24-27-21(16-31-24)23(29)26-13-14-30-20-6-2-1-3-7-20/h4-5,8-12,15-16,20H,1-3,6-7,13-14H2,(H,26,29). The summed E-state index contributed by atoms with van der Waals surface area (Å²) in [6, 6.07) is 10.4. The molecule has 2 aromatic heterocycles. The number of ketones is 1. The number of pyridine rings is 1. The molecular weight excluding hydrogens is 394 g/mol. The Morgan fingerprint density at radius 2 is 1.87 bits per heavy atom. The highest BCUT2D eigenvalue weighted by Gasteiger charge is 2.16. The first-order chi connectivity index (χ1) is 15.2. The number of carbonyl (C=O) groups is 2. The van der Waals surface area contributed by atoms with Crippen LogP contribution in [0.3, 0.4) is 0 Å². The van der Waals surface area contributed by atoms with Gasteiger partial charge in [0.05, 0.1) is 12.7 Å². The molecule has 0 aliphatic heterocycles. The van der Waals surface area contributed by atoms with Crippen molar-refractivity contribution >= 4 is 11.7 Å². The zero-order valence-electron chi connectivity index (χ0n) is 17.3. The third kappa shape index (κ3) is 5.44. The van der Waals surface area contributed by atoms with E-state index in [2.05, 4.69) is 15.3 Å². The maximum Gasteiger partial charge on any atom is 0.273 e. The van der Waals surface area contributed by atoms with Gasteiger partial charge in [-0.1, -0.05) is 31.4 Å². The van der Waals surface area contributed by atoms with Crippen molar-refractivity contribution in [1.82, 2.24) is 15.3 Å². The highest BCUT2D eigenvalue weighted by Crippen LogP contribution is 2.21. The first-order valence-electron chi connectivity index (χ1n) is 10.6. The van der Waals surface area contributed by atoms with E-state index in [1.165, 1.54) is 31.7 Å². The molecule has 1 saturated carbocycles. The summed E-state index contributed by atoms with van der Waals surface area (Å²) in [6.45, 7) is 0.927. The maximum absolute atomic E-state index is 12.5. The smallest absolute Gasteiger partial charge is 0.273 e. The molecule has 0 atom stereocenters. The second-order valence-electron chi connectivity index (χ2n) is 7.57. The Bertz CT molecular complexity index is 1010. The van der Waals surface area contributed by atoms with Crippen LogP contribution in [-0.4, -0.2) is 40.9 Å². The fourth-order valence-corrected chi connectivity index (χ4v) is 3.65. The van der Waals surface area contributed by atoms with Gasteiger partial charge in [-0.2, -0.15) is 0 Å². The van der Waals surface area contributed by atoms with E-state index in [4.69, 9.17) is 9.15 Å². The molecule has 0 radical (unpaired) electrons. The molecule has 0 spiro atoms. The molecule has 1 aliphatic carbocycles. The number of aromatic nitrogens is 2. The van der Waals surface area contributed by atoms with Crippen molar-refractivity contribution in [3.8, 4) is 11.5 Å². The summed E-state index contributed by atoms with van der Waals surface area (Å²) in [5.41, 5.74) is 1.96. The van der Waals surface area contributed by atoms with Crippen LogP contribution < -0.4 is 5.32 Å². The number of hydrogen-bond acceptors (Lipinski definition) is 6. The first-order valence-corrected chi connectivity index (χ1v) is 10.6. The normalized spacial score (nSPS) is 14.3. The molecule has 7 nitrogen and oxygen atoms in total. The number of ether oxygens (including phenoxy) is 1. The number of oxazole rings is 1. The molecule has 3 aromatic rings.